The normalized spacial score (nSPS) is 16.2. The van der Waals surface area contributed by atoms with Crippen LogP contribution in [0.25, 0.3) is 17.2 Å². The fourth-order valence-electron chi connectivity index (χ4n) is 3.70. The maximum atomic E-state index is 12.7. The molecule has 4 rings (SSSR count). The van der Waals surface area contributed by atoms with Crippen molar-refractivity contribution in [1.29, 1.82) is 0 Å². The molecule has 0 unspecified atom stereocenters. The lowest BCUT2D eigenvalue weighted by Crippen LogP contribution is -2.49. The molecule has 0 aliphatic carbocycles. The summed E-state index contributed by atoms with van der Waals surface area (Å²) >= 11 is 12.7. The molecule has 6 nitrogen and oxygen atoms in total. The lowest BCUT2D eigenvalue weighted by molar-refractivity contribution is -0.215. The van der Waals surface area contributed by atoms with Crippen LogP contribution in [0.4, 0.5) is 0 Å². The molecule has 2 heterocycles. The zero-order valence-corrected chi connectivity index (χ0v) is 18.5. The van der Waals surface area contributed by atoms with Crippen LogP contribution < -0.4 is 4.89 Å². The Morgan fingerprint density at radius 2 is 1.87 bits per heavy atom. The van der Waals surface area contributed by atoms with Crippen molar-refractivity contribution in [1.82, 2.24) is 9.80 Å². The number of rotatable bonds is 3. The third kappa shape index (κ3) is 4.71. The van der Waals surface area contributed by atoms with Crippen molar-refractivity contribution in [3.8, 4) is 16.9 Å². The molecule has 161 valence electrons. The van der Waals surface area contributed by atoms with Gasteiger partial charge in [-0.2, -0.15) is 4.89 Å². The highest BCUT2D eigenvalue weighted by molar-refractivity contribution is 6.43. The fourth-order valence-corrected chi connectivity index (χ4v) is 4.07. The summed E-state index contributed by atoms with van der Waals surface area (Å²) in [7, 11) is 0. The molecular weight excluding hydrogens is 439 g/mol. The van der Waals surface area contributed by atoms with Crippen LogP contribution in [0.15, 0.2) is 30.3 Å². The summed E-state index contributed by atoms with van der Waals surface area (Å²) in [6.07, 6.45) is 3.93. The second-order valence-corrected chi connectivity index (χ2v) is 8.14. The van der Waals surface area contributed by atoms with Gasteiger partial charge in [0.05, 0.1) is 16.7 Å². The lowest BCUT2D eigenvalue weighted by atomic mass is 9.96. The van der Waals surface area contributed by atoms with E-state index in [-0.39, 0.29) is 11.8 Å². The highest BCUT2D eigenvalue weighted by Crippen LogP contribution is 2.37. The summed E-state index contributed by atoms with van der Waals surface area (Å²) in [6.45, 7) is 4.10. The molecular formula is C23H21Cl2N2O4. The van der Waals surface area contributed by atoms with E-state index in [0.717, 1.165) is 23.1 Å². The van der Waals surface area contributed by atoms with Gasteiger partial charge in [-0.15, -0.1) is 0 Å². The predicted octanol–water partition coefficient (Wildman–Crippen LogP) is 4.03. The van der Waals surface area contributed by atoms with Crippen LogP contribution in [0.5, 0.6) is 5.75 Å². The van der Waals surface area contributed by atoms with Gasteiger partial charge >= 0.3 is 0 Å². The minimum absolute atomic E-state index is 0.0243. The molecule has 1 saturated heterocycles. The Labute approximate surface area is 190 Å². The Morgan fingerprint density at radius 3 is 2.61 bits per heavy atom. The number of hydrogen-bond acceptors (Lipinski definition) is 4. The summed E-state index contributed by atoms with van der Waals surface area (Å²) in [5, 5.41) is 0.629. The number of carbonyl (C=O) groups is 2. The van der Waals surface area contributed by atoms with Crippen molar-refractivity contribution >= 4 is 41.1 Å². The highest BCUT2D eigenvalue weighted by atomic mass is 35.5. The third-order valence-electron chi connectivity index (χ3n) is 5.47. The Bertz CT molecular complexity index is 1050. The molecule has 1 radical (unpaired) electrons. The van der Waals surface area contributed by atoms with Crippen LogP contribution in [-0.4, -0.2) is 54.4 Å². The Morgan fingerprint density at radius 1 is 1.13 bits per heavy atom. The minimum Gasteiger partial charge on any atom is -0.339 e. The van der Waals surface area contributed by atoms with Gasteiger partial charge in [0, 0.05) is 62.8 Å². The van der Waals surface area contributed by atoms with E-state index < -0.39 is 0 Å². The van der Waals surface area contributed by atoms with Crippen molar-refractivity contribution in [3.05, 3.63) is 57.6 Å². The first-order chi connectivity index (χ1) is 14.9. The molecule has 0 atom stereocenters. The van der Waals surface area contributed by atoms with E-state index in [2.05, 4.69) is 6.07 Å². The monoisotopic (exact) mass is 459 g/mol. The second kappa shape index (κ2) is 9.30. The summed E-state index contributed by atoms with van der Waals surface area (Å²) in [5.74, 6) is 0.581. The van der Waals surface area contributed by atoms with E-state index in [4.69, 9.17) is 33.0 Å². The first kappa shape index (κ1) is 21.7. The van der Waals surface area contributed by atoms with Crippen molar-refractivity contribution in [2.24, 2.45) is 0 Å². The van der Waals surface area contributed by atoms with Crippen molar-refractivity contribution in [2.75, 3.05) is 32.8 Å². The van der Waals surface area contributed by atoms with Gasteiger partial charge in [-0.3, -0.25) is 9.59 Å². The maximum absolute atomic E-state index is 12.7. The van der Waals surface area contributed by atoms with Gasteiger partial charge in [0.15, 0.2) is 5.75 Å². The highest BCUT2D eigenvalue weighted by Gasteiger charge is 2.21. The van der Waals surface area contributed by atoms with E-state index in [0.29, 0.717) is 54.1 Å². The molecule has 0 aromatic heterocycles. The molecule has 2 aliphatic heterocycles. The standard InChI is InChI=1S/C23H21Cl2N2O4/c1-15(28)26-9-11-27(12-10-26)22(29)7-4-19-18(3-5-20(24)23(19)25)16-2-6-21-17(14-16)8-13-30-31-21/h2-4,6-7,14H,8-13H2,1H3/b7-4+. The van der Waals surface area contributed by atoms with Crippen molar-refractivity contribution in [2.45, 2.75) is 13.3 Å². The quantitative estimate of drug-likeness (QED) is 0.513. The van der Waals surface area contributed by atoms with E-state index in [9.17, 15) is 9.59 Å². The van der Waals surface area contributed by atoms with Gasteiger partial charge < -0.3 is 14.7 Å². The molecule has 2 aromatic carbocycles. The van der Waals surface area contributed by atoms with Gasteiger partial charge in [-0.1, -0.05) is 29.3 Å². The van der Waals surface area contributed by atoms with Gasteiger partial charge in [-0.05, 0) is 35.4 Å². The Balaban J connectivity index is 1.59. The number of hydrogen-bond donors (Lipinski definition) is 0. The Kier molecular flexibility index (Phi) is 6.51. The number of benzene rings is 2. The third-order valence-corrected chi connectivity index (χ3v) is 6.25. The zero-order chi connectivity index (χ0) is 22.0. The molecule has 2 aliphatic rings. The van der Waals surface area contributed by atoms with Crippen molar-refractivity contribution < 1.29 is 19.4 Å². The molecule has 0 saturated carbocycles. The lowest BCUT2D eigenvalue weighted by Gasteiger charge is -2.33. The molecule has 2 aromatic rings. The van der Waals surface area contributed by atoms with Gasteiger partial charge in [0.1, 0.15) is 0 Å². The minimum atomic E-state index is -0.134. The van der Waals surface area contributed by atoms with Crippen molar-refractivity contribution in [3.63, 3.8) is 0 Å². The SMILES string of the molecule is CC(=O)N1CCN(C(=O)/C=C/c2c(-c3ccc4c(c3)CCOO4)c[c]c(Cl)c2Cl)CC1. The predicted molar refractivity (Wildman–Crippen MR) is 119 cm³/mol. The molecule has 0 bridgehead atoms. The molecule has 0 N–H and O–H groups in total. The summed E-state index contributed by atoms with van der Waals surface area (Å²) in [4.78, 5) is 37.9. The van der Waals surface area contributed by atoms with E-state index in [1.54, 1.807) is 21.9 Å². The number of nitrogens with zero attached hydrogens (tertiary/aromatic N) is 2. The summed E-state index contributed by atoms with van der Waals surface area (Å²) in [5.41, 5.74) is 3.41. The number of fused-ring (bicyclic) bond motifs is 1. The van der Waals surface area contributed by atoms with Gasteiger partial charge in [0.25, 0.3) is 0 Å². The summed E-state index contributed by atoms with van der Waals surface area (Å²) in [6, 6.07) is 10.5. The van der Waals surface area contributed by atoms with Gasteiger partial charge in [0.2, 0.25) is 11.8 Å². The first-order valence-electron chi connectivity index (χ1n) is 9.99. The van der Waals surface area contributed by atoms with E-state index >= 15 is 0 Å². The zero-order valence-electron chi connectivity index (χ0n) is 17.0. The van der Waals surface area contributed by atoms with E-state index in [1.807, 2.05) is 18.2 Å². The summed E-state index contributed by atoms with van der Waals surface area (Å²) < 4.78 is 0. The molecule has 2 amide bonds. The number of piperazine rings is 1. The number of halogens is 2. The fraction of sp³-hybridized carbons (Fsp3) is 0.304. The van der Waals surface area contributed by atoms with Crippen LogP contribution in [0.3, 0.4) is 0 Å². The number of carbonyl (C=O) groups excluding carboxylic acids is 2. The Hall–Kier alpha value is -2.54. The molecule has 31 heavy (non-hydrogen) atoms. The first-order valence-corrected chi connectivity index (χ1v) is 10.7. The van der Waals surface area contributed by atoms with Crippen LogP contribution in [0.1, 0.15) is 18.1 Å². The molecule has 0 spiro atoms. The largest absolute Gasteiger partial charge is 0.339 e. The van der Waals surface area contributed by atoms with Crippen LogP contribution in [-0.2, 0) is 20.9 Å². The second-order valence-electron chi connectivity index (χ2n) is 7.39. The molecule has 8 heteroatoms. The van der Waals surface area contributed by atoms with Crippen LogP contribution >= 0.6 is 23.2 Å². The van der Waals surface area contributed by atoms with E-state index in [1.165, 1.54) is 13.0 Å². The number of amides is 2. The van der Waals surface area contributed by atoms with Crippen LogP contribution in [0.2, 0.25) is 10.0 Å². The van der Waals surface area contributed by atoms with Crippen LogP contribution in [0, 0.1) is 6.07 Å². The average Bonchev–Trinajstić information content (AvgIpc) is 2.79. The average molecular weight is 460 g/mol. The topological polar surface area (TPSA) is 59.1 Å². The smallest absolute Gasteiger partial charge is 0.246 e. The maximum Gasteiger partial charge on any atom is 0.246 e. The van der Waals surface area contributed by atoms with Gasteiger partial charge in [-0.25, -0.2) is 0 Å². The molecule has 1 fully saturated rings.